The van der Waals surface area contributed by atoms with E-state index in [4.69, 9.17) is 18.2 Å². The van der Waals surface area contributed by atoms with Gasteiger partial charge in [0.2, 0.25) is 76.8 Å². The highest BCUT2D eigenvalue weighted by atomic mass is 33.1. The second kappa shape index (κ2) is 42.3. The molecule has 5 aliphatic rings. The van der Waals surface area contributed by atoms with Crippen LogP contribution in [0.3, 0.4) is 0 Å². The highest BCUT2D eigenvalue weighted by molar-refractivity contribution is 8.77. The number of aliphatic carboxylic acids is 2. The lowest BCUT2D eigenvalue weighted by Crippen LogP contribution is -2.64. The highest BCUT2D eigenvalue weighted by Gasteiger charge is 2.53. The summed E-state index contributed by atoms with van der Waals surface area (Å²) < 4.78 is 16.7. The third-order valence-electron chi connectivity index (χ3n) is 20.9. The summed E-state index contributed by atoms with van der Waals surface area (Å²) in [5, 5.41) is 74.6. The van der Waals surface area contributed by atoms with Crippen LogP contribution in [0, 0.1) is 35.0 Å². The molecule has 1 saturated carbocycles. The second-order valence-electron chi connectivity index (χ2n) is 30.0. The van der Waals surface area contributed by atoms with E-state index in [0.717, 1.165) is 37.8 Å². The molecule has 5 rings (SSSR count). The molecular weight excluding hydrogens is 1450 g/mol. The quantitative estimate of drug-likeness (QED) is 0.0197. The van der Waals surface area contributed by atoms with E-state index < -0.39 is 247 Å². The number of likely N-dealkylation sites (tertiary alicyclic amines) is 1. The summed E-state index contributed by atoms with van der Waals surface area (Å²) in [7, 11) is 1.71. The van der Waals surface area contributed by atoms with Gasteiger partial charge in [0.25, 0.3) is 0 Å². The van der Waals surface area contributed by atoms with E-state index in [-0.39, 0.29) is 88.4 Å². The van der Waals surface area contributed by atoms with Gasteiger partial charge in [-0.2, -0.15) is 0 Å². The fourth-order valence-corrected chi connectivity index (χ4v) is 16.8. The number of amidine groups is 1. The molecule has 108 heavy (non-hydrogen) atoms. The van der Waals surface area contributed by atoms with Crippen LogP contribution in [0.4, 0.5) is 0 Å². The molecule has 5 fully saturated rings. The molecule has 608 valence electrons. The summed E-state index contributed by atoms with van der Waals surface area (Å²) in [6.45, 7) is 15.2. The predicted octanol–water partition coefficient (Wildman–Crippen LogP) is -1.28. The first-order valence-electron chi connectivity index (χ1n) is 38.7. The SMILES string of the molecule is [2H][C@@H]1[C@H]2C(=O)N3[C@@H](C[C@@H]4CCCC[C@@H]43)C(=O)N[C@@H]([C@@H](C)CC)C(=O)N[C@H](C(=O)N[C@H](C(=O)N3CCC[C@H]3C(=O)N[C@@H](CC(=O)O)C(=O)O)[C@@H](C)CC)C(C)(C)SSC[C@H](NC(=O)[C@@H](NC(=O)[C@H](C)N)[C@@H](C)CC)C(=O)N[C@@H](CO)C(=O)N[C@@H](CCCCC(=N)N)C(=O)N[C@@H](CO)C(=O)N[C@@H](CC(C)C)C(=O)N2C[C@@H]1[2H]. The summed E-state index contributed by atoms with van der Waals surface area (Å²) >= 11 is 0. The summed E-state index contributed by atoms with van der Waals surface area (Å²) in [5.41, 5.74) is 11.5. The van der Waals surface area contributed by atoms with Crippen molar-refractivity contribution in [1.29, 1.82) is 5.41 Å². The number of carbonyl (C=O) groups is 15. The lowest BCUT2D eigenvalue weighted by atomic mass is 9.84. The van der Waals surface area contributed by atoms with Crippen molar-refractivity contribution in [2.45, 2.75) is 287 Å². The average Bonchev–Trinajstić information content (AvgIpc) is 1.60. The molecule has 19 N–H and O–H groups in total. The minimum atomic E-state index is -1.93. The first-order valence-corrected chi connectivity index (χ1v) is 39.9. The van der Waals surface area contributed by atoms with Crippen molar-refractivity contribution in [2.24, 2.45) is 41.1 Å². The van der Waals surface area contributed by atoms with Gasteiger partial charge in [-0.05, 0) is 115 Å². The van der Waals surface area contributed by atoms with Gasteiger partial charge in [0.05, 0.1) is 31.5 Å². The van der Waals surface area contributed by atoms with Crippen molar-refractivity contribution < 1.29 is 95.1 Å². The van der Waals surface area contributed by atoms with Crippen LogP contribution in [0.15, 0.2) is 0 Å². The van der Waals surface area contributed by atoms with Gasteiger partial charge >= 0.3 is 11.9 Å². The van der Waals surface area contributed by atoms with Crippen LogP contribution in [-0.2, 0) is 71.9 Å². The Hall–Kier alpha value is -7.90. The van der Waals surface area contributed by atoms with Crippen molar-refractivity contribution in [2.75, 3.05) is 32.1 Å². The topological polar surface area (TPSA) is 543 Å². The lowest BCUT2D eigenvalue weighted by Gasteiger charge is -2.39. The highest BCUT2D eigenvalue weighted by Crippen LogP contribution is 2.42. The molecule has 4 aliphatic heterocycles. The van der Waals surface area contributed by atoms with Gasteiger partial charge < -0.3 is 99.8 Å². The smallest absolute Gasteiger partial charge is 0.326 e. The number of carboxylic acids is 2. The summed E-state index contributed by atoms with van der Waals surface area (Å²) in [6, 6.07) is -22.7. The number of aliphatic hydroxyl groups excluding tert-OH is 2. The molecule has 0 aromatic rings. The Balaban J connectivity index is 1.73. The van der Waals surface area contributed by atoms with Gasteiger partial charge in [-0.25, -0.2) is 4.79 Å². The zero-order valence-corrected chi connectivity index (χ0v) is 65.4. The lowest BCUT2D eigenvalue weighted by molar-refractivity contribution is -0.150. The Bertz CT molecular complexity index is 3330. The van der Waals surface area contributed by atoms with Crippen LogP contribution < -0.4 is 64.6 Å². The van der Waals surface area contributed by atoms with Crippen LogP contribution in [0.25, 0.3) is 0 Å². The minimum absolute atomic E-state index is 0.0201. The molecule has 0 aromatic carbocycles. The molecule has 21 atom stereocenters. The zero-order chi connectivity index (χ0) is 82.5. The molecule has 0 unspecified atom stereocenters. The van der Waals surface area contributed by atoms with E-state index in [1.807, 2.05) is 0 Å². The number of nitrogens with two attached hydrogens (primary N) is 2. The number of hydrogen-bond acceptors (Lipinski definition) is 21. The third-order valence-corrected chi connectivity index (χ3v) is 24.2. The van der Waals surface area contributed by atoms with Crippen LogP contribution in [0.1, 0.15) is 194 Å². The Labute approximate surface area is 641 Å². The molecule has 0 bridgehead atoms. The molecule has 0 aromatic heterocycles. The predicted molar refractivity (Wildman–Crippen MR) is 400 cm³/mol. The first kappa shape index (κ1) is 87.3. The maximum absolute atomic E-state index is 15.7. The van der Waals surface area contributed by atoms with Crippen molar-refractivity contribution in [3.63, 3.8) is 0 Å². The molecule has 4 saturated heterocycles. The van der Waals surface area contributed by atoms with Crippen LogP contribution in [-0.4, -0.2) is 257 Å². The van der Waals surface area contributed by atoms with E-state index in [1.54, 1.807) is 55.4 Å². The number of nitrogens with one attached hydrogen (secondary N) is 11. The molecule has 35 nitrogen and oxygen atoms in total. The van der Waals surface area contributed by atoms with Gasteiger partial charge in [-0.3, -0.25) is 72.5 Å². The molecule has 0 spiro atoms. The maximum Gasteiger partial charge on any atom is 0.326 e. The van der Waals surface area contributed by atoms with E-state index in [2.05, 4.69) is 53.2 Å². The van der Waals surface area contributed by atoms with Crippen LogP contribution in [0.2, 0.25) is 0 Å². The number of carbonyl (C=O) groups excluding carboxylic acids is 13. The number of nitrogens with zero attached hydrogens (tertiary/aromatic N) is 3. The monoisotopic (exact) mass is 1560 g/mol. The van der Waals surface area contributed by atoms with Gasteiger partial charge in [-0.1, -0.05) is 116 Å². The normalized spacial score (nSPS) is 29.5. The first-order chi connectivity index (χ1) is 51.7. The minimum Gasteiger partial charge on any atom is -0.481 e. The molecule has 0 radical (unpaired) electrons. The summed E-state index contributed by atoms with van der Waals surface area (Å²) in [5.74, 6) is -19.0. The number of unbranched alkanes of at least 4 members (excludes halogenated alkanes) is 1. The second-order valence-corrected chi connectivity index (χ2v) is 33.0. The van der Waals surface area contributed by atoms with E-state index in [0.29, 0.717) is 25.7 Å². The number of fused-ring (bicyclic) bond motifs is 4. The fourth-order valence-electron chi connectivity index (χ4n) is 13.9. The molecule has 4 heterocycles. The largest absolute Gasteiger partial charge is 0.481 e. The number of aliphatic hydroxyl groups is 2. The number of hydrogen-bond donors (Lipinski definition) is 17. The molecule has 37 heteroatoms. The zero-order valence-electron chi connectivity index (χ0n) is 65.8. The van der Waals surface area contributed by atoms with Gasteiger partial charge in [-0.15, -0.1) is 0 Å². The Morgan fingerprint density at radius 1 is 0.676 bits per heavy atom. The molecule has 1 aliphatic carbocycles. The molecular formula is C71H118N16O19S2. The van der Waals surface area contributed by atoms with Crippen LogP contribution in [0.5, 0.6) is 0 Å². The van der Waals surface area contributed by atoms with Crippen molar-refractivity contribution >= 4 is 116 Å². The van der Waals surface area contributed by atoms with Gasteiger partial charge in [0.1, 0.15) is 78.5 Å². The Morgan fingerprint density at radius 3 is 1.86 bits per heavy atom. The molecule has 13 amide bonds. The third kappa shape index (κ3) is 24.8. The van der Waals surface area contributed by atoms with Gasteiger partial charge in [0.15, 0.2) is 0 Å². The van der Waals surface area contributed by atoms with E-state index >= 15 is 28.8 Å². The summed E-state index contributed by atoms with van der Waals surface area (Å²) in [6.07, 6.45) is -0.546. The van der Waals surface area contributed by atoms with Gasteiger partial charge in [0, 0.05) is 38.8 Å². The average molecular weight is 1570 g/mol. The Morgan fingerprint density at radius 2 is 1.28 bits per heavy atom. The number of rotatable bonds is 27. The Kier molecular flexibility index (Phi) is 34.2. The fraction of sp³-hybridized carbons (Fsp3) is 0.775. The van der Waals surface area contributed by atoms with E-state index in [9.17, 15) is 64.9 Å². The number of amides is 13. The van der Waals surface area contributed by atoms with Crippen molar-refractivity contribution in [3.8, 4) is 0 Å². The van der Waals surface area contributed by atoms with Crippen LogP contribution >= 0.6 is 21.6 Å². The number of carboxylic acid groups (broad SMARTS) is 2. The van der Waals surface area contributed by atoms with Crippen molar-refractivity contribution in [3.05, 3.63) is 0 Å². The summed E-state index contributed by atoms with van der Waals surface area (Å²) in [4.78, 5) is 220. The maximum atomic E-state index is 15.7. The van der Waals surface area contributed by atoms with Crippen molar-refractivity contribution in [1.82, 2.24) is 67.9 Å². The standard InChI is InChI=1S/C71H118N16O19S2/c1-12-36(6)53(81-57(92)39(9)72)64(99)80-46-34-107-108-71(10,11)56(66(101)83-55(38(8)14-3)69(104)85-27-19-24-48(85)62(97)77-43(70(105)106)31-52(90)91)84-65(100)54(37(7)13-2)82-63(98)50-30-40-21-15-17-23-47(40)87(50)68(103)49-25-20-28-86(49)67(102)42(29-35(4)5)76-60(95)45(33-89)78-58(93)41(22-16-18-26-51(73)74)75-59(94)44(32-88)79-61(46)96/h35-50,53-56,88-89H,12-34,72H2,1-11H3,(H3,73,74)(H,75,94)(H,76,95)(H,77,97)(H,78,93)(H,79,96)(H,80,99)(H,81,92)(H,82,98)(H,83,101)(H,84,100)(H,90,91)(H,105,106)/t36-,37-,38-,39-,40-,41-,42-,43-,44-,45-,46-,47-,48-,49-,50-,53-,54-,55-,56+/m0/s1/i20D,25D/t20-,25+,36+,37+,38+,39+,40+,41+,42+,43+,44+,45+,46+,47+,48+,49+,50+,53+,54+,55+,56-/m1. The van der Waals surface area contributed by atoms with E-state index in [1.165, 1.54) is 25.7 Å².